The standard InChI is InChI=1S/C11H11F2NO2/c1-16-6-11(15)9(5-14)8-3-2-7(12)4-10(8)13/h2-4,9,11,15H,6H2,1H3. The average Bonchev–Trinajstić information content (AvgIpc) is 2.22. The third kappa shape index (κ3) is 2.75. The number of halogens is 2. The molecule has 0 aromatic heterocycles. The lowest BCUT2D eigenvalue weighted by Gasteiger charge is -2.16. The van der Waals surface area contributed by atoms with Crippen LogP contribution in [0.5, 0.6) is 0 Å². The number of nitriles is 1. The van der Waals surface area contributed by atoms with Crippen molar-refractivity contribution in [3.63, 3.8) is 0 Å². The molecule has 1 N–H and O–H groups in total. The molecule has 86 valence electrons. The molecule has 5 heteroatoms. The highest BCUT2D eigenvalue weighted by Gasteiger charge is 2.23. The Kier molecular flexibility index (Phi) is 4.35. The molecule has 1 aromatic carbocycles. The minimum absolute atomic E-state index is 0.0338. The van der Waals surface area contributed by atoms with Gasteiger partial charge in [0.2, 0.25) is 0 Å². The van der Waals surface area contributed by atoms with Gasteiger partial charge in [-0.05, 0) is 6.07 Å². The van der Waals surface area contributed by atoms with E-state index in [0.29, 0.717) is 6.07 Å². The first-order valence-electron chi connectivity index (χ1n) is 4.61. The van der Waals surface area contributed by atoms with Crippen LogP contribution < -0.4 is 0 Å². The van der Waals surface area contributed by atoms with Crippen LogP contribution >= 0.6 is 0 Å². The van der Waals surface area contributed by atoms with Crippen LogP contribution in [-0.2, 0) is 4.74 Å². The van der Waals surface area contributed by atoms with Crippen LogP contribution in [0.3, 0.4) is 0 Å². The predicted octanol–water partition coefficient (Wildman–Crippen LogP) is 1.58. The van der Waals surface area contributed by atoms with Crippen molar-refractivity contribution in [3.05, 3.63) is 35.4 Å². The van der Waals surface area contributed by atoms with Crippen LogP contribution in [0.15, 0.2) is 18.2 Å². The molecule has 3 nitrogen and oxygen atoms in total. The fraction of sp³-hybridized carbons (Fsp3) is 0.364. The second-order valence-electron chi connectivity index (χ2n) is 3.30. The van der Waals surface area contributed by atoms with Crippen molar-refractivity contribution in [2.24, 2.45) is 0 Å². The van der Waals surface area contributed by atoms with Gasteiger partial charge < -0.3 is 9.84 Å². The first kappa shape index (κ1) is 12.6. The Morgan fingerprint density at radius 3 is 2.69 bits per heavy atom. The molecular formula is C11H11F2NO2. The normalized spacial score (nSPS) is 14.2. The molecule has 0 aliphatic rings. The Labute approximate surface area is 91.9 Å². The van der Waals surface area contributed by atoms with Gasteiger partial charge in [-0.1, -0.05) is 6.07 Å². The largest absolute Gasteiger partial charge is 0.389 e. The minimum Gasteiger partial charge on any atom is -0.389 e. The van der Waals surface area contributed by atoms with Gasteiger partial charge in [-0.2, -0.15) is 5.26 Å². The maximum Gasteiger partial charge on any atom is 0.130 e. The van der Waals surface area contributed by atoms with Crippen molar-refractivity contribution >= 4 is 0 Å². The van der Waals surface area contributed by atoms with Gasteiger partial charge in [0, 0.05) is 18.7 Å². The minimum atomic E-state index is -1.14. The van der Waals surface area contributed by atoms with E-state index in [1.807, 2.05) is 0 Å². The molecule has 0 saturated heterocycles. The lowest BCUT2D eigenvalue weighted by molar-refractivity contribution is 0.0565. The molecule has 0 saturated carbocycles. The summed E-state index contributed by atoms with van der Waals surface area (Å²) in [5, 5.41) is 18.4. The number of methoxy groups -OCH3 is 1. The summed E-state index contributed by atoms with van der Waals surface area (Å²) in [6.45, 7) is -0.0883. The van der Waals surface area contributed by atoms with E-state index < -0.39 is 23.7 Å². The summed E-state index contributed by atoms with van der Waals surface area (Å²) in [5.41, 5.74) is -0.0338. The number of ether oxygens (including phenoxy) is 1. The van der Waals surface area contributed by atoms with Crippen LogP contribution in [0.4, 0.5) is 8.78 Å². The highest BCUT2D eigenvalue weighted by atomic mass is 19.1. The van der Waals surface area contributed by atoms with Crippen molar-refractivity contribution in [1.29, 1.82) is 5.26 Å². The molecule has 0 bridgehead atoms. The van der Waals surface area contributed by atoms with Crippen molar-refractivity contribution in [3.8, 4) is 6.07 Å². The number of hydrogen-bond acceptors (Lipinski definition) is 3. The van der Waals surface area contributed by atoms with E-state index in [1.165, 1.54) is 7.11 Å². The van der Waals surface area contributed by atoms with Gasteiger partial charge in [0.05, 0.1) is 18.8 Å². The topological polar surface area (TPSA) is 53.2 Å². The van der Waals surface area contributed by atoms with E-state index in [-0.39, 0.29) is 12.2 Å². The molecule has 2 unspecified atom stereocenters. The summed E-state index contributed by atoms with van der Waals surface area (Å²) in [7, 11) is 1.36. The van der Waals surface area contributed by atoms with Crippen LogP contribution in [0.25, 0.3) is 0 Å². The highest BCUT2D eigenvalue weighted by molar-refractivity contribution is 5.28. The van der Waals surface area contributed by atoms with Crippen LogP contribution in [0, 0.1) is 23.0 Å². The number of aliphatic hydroxyl groups is 1. The summed E-state index contributed by atoms with van der Waals surface area (Å²) in [6, 6.07) is 4.64. The van der Waals surface area contributed by atoms with Gasteiger partial charge in [0.1, 0.15) is 17.6 Å². The highest BCUT2D eigenvalue weighted by Crippen LogP contribution is 2.23. The molecular weight excluding hydrogens is 216 g/mol. The Balaban J connectivity index is 3.00. The zero-order valence-corrected chi connectivity index (χ0v) is 8.65. The number of nitrogens with zero attached hydrogens (tertiary/aromatic N) is 1. The van der Waals surface area contributed by atoms with Crippen LogP contribution in [0.2, 0.25) is 0 Å². The monoisotopic (exact) mass is 227 g/mol. The second-order valence-corrected chi connectivity index (χ2v) is 3.30. The number of benzene rings is 1. The molecule has 0 amide bonds. The smallest absolute Gasteiger partial charge is 0.130 e. The maximum atomic E-state index is 13.3. The maximum absolute atomic E-state index is 13.3. The lowest BCUT2D eigenvalue weighted by Crippen LogP contribution is -2.23. The Morgan fingerprint density at radius 2 is 2.19 bits per heavy atom. The van der Waals surface area contributed by atoms with E-state index in [1.54, 1.807) is 6.07 Å². The average molecular weight is 227 g/mol. The van der Waals surface area contributed by atoms with Crippen LogP contribution in [0.1, 0.15) is 11.5 Å². The Morgan fingerprint density at radius 1 is 1.50 bits per heavy atom. The Bertz CT molecular complexity index is 403. The zero-order chi connectivity index (χ0) is 12.1. The number of rotatable bonds is 4. The first-order valence-corrected chi connectivity index (χ1v) is 4.61. The predicted molar refractivity (Wildman–Crippen MR) is 52.6 cm³/mol. The fourth-order valence-electron chi connectivity index (χ4n) is 1.38. The molecule has 2 atom stereocenters. The second kappa shape index (κ2) is 5.54. The van der Waals surface area contributed by atoms with E-state index in [4.69, 9.17) is 5.26 Å². The molecule has 16 heavy (non-hydrogen) atoms. The lowest BCUT2D eigenvalue weighted by atomic mass is 9.94. The summed E-state index contributed by atoms with van der Waals surface area (Å²) < 4.78 is 30.7. The first-order chi connectivity index (χ1) is 7.60. The molecule has 0 radical (unpaired) electrons. The molecule has 1 aromatic rings. The van der Waals surface area contributed by atoms with Gasteiger partial charge in [-0.3, -0.25) is 0 Å². The van der Waals surface area contributed by atoms with E-state index in [2.05, 4.69) is 4.74 Å². The van der Waals surface area contributed by atoms with Gasteiger partial charge in [-0.25, -0.2) is 8.78 Å². The van der Waals surface area contributed by atoms with Crippen molar-refractivity contribution in [1.82, 2.24) is 0 Å². The molecule has 0 fully saturated rings. The third-order valence-electron chi connectivity index (χ3n) is 2.16. The Hall–Kier alpha value is -1.51. The zero-order valence-electron chi connectivity index (χ0n) is 8.65. The van der Waals surface area contributed by atoms with Crippen molar-refractivity contribution in [2.45, 2.75) is 12.0 Å². The number of hydrogen-bond donors (Lipinski definition) is 1. The quantitative estimate of drug-likeness (QED) is 0.849. The van der Waals surface area contributed by atoms with E-state index >= 15 is 0 Å². The summed E-state index contributed by atoms with van der Waals surface area (Å²) in [6.07, 6.45) is -1.14. The van der Waals surface area contributed by atoms with Gasteiger partial charge in [0.25, 0.3) is 0 Å². The molecule has 0 heterocycles. The molecule has 0 aliphatic heterocycles. The molecule has 1 rings (SSSR count). The third-order valence-corrected chi connectivity index (χ3v) is 2.16. The number of aliphatic hydroxyl groups excluding tert-OH is 1. The van der Waals surface area contributed by atoms with Gasteiger partial charge in [-0.15, -0.1) is 0 Å². The van der Waals surface area contributed by atoms with Gasteiger partial charge >= 0.3 is 0 Å². The summed E-state index contributed by atoms with van der Waals surface area (Å²) in [5.74, 6) is -2.64. The van der Waals surface area contributed by atoms with Gasteiger partial charge in [0.15, 0.2) is 0 Å². The summed E-state index contributed by atoms with van der Waals surface area (Å²) in [4.78, 5) is 0. The fourth-order valence-corrected chi connectivity index (χ4v) is 1.38. The summed E-state index contributed by atoms with van der Waals surface area (Å²) >= 11 is 0. The van der Waals surface area contributed by atoms with Crippen molar-refractivity contribution in [2.75, 3.05) is 13.7 Å². The SMILES string of the molecule is COCC(O)C(C#N)c1ccc(F)cc1F. The van der Waals surface area contributed by atoms with Crippen LogP contribution in [-0.4, -0.2) is 24.9 Å². The van der Waals surface area contributed by atoms with Crippen molar-refractivity contribution < 1.29 is 18.6 Å². The van der Waals surface area contributed by atoms with E-state index in [9.17, 15) is 13.9 Å². The van der Waals surface area contributed by atoms with E-state index in [0.717, 1.165) is 12.1 Å². The molecule has 0 aliphatic carbocycles. The molecule has 0 spiro atoms.